The summed E-state index contributed by atoms with van der Waals surface area (Å²) in [6.07, 6.45) is 3.66. The predicted octanol–water partition coefficient (Wildman–Crippen LogP) is 3.56. The molecule has 0 spiro atoms. The van der Waals surface area contributed by atoms with Gasteiger partial charge in [-0.3, -0.25) is 9.79 Å². The van der Waals surface area contributed by atoms with Crippen molar-refractivity contribution >= 4 is 41.5 Å². The van der Waals surface area contributed by atoms with Crippen LogP contribution >= 0.6 is 24.0 Å². The number of rotatable bonds is 7. The van der Waals surface area contributed by atoms with Crippen molar-refractivity contribution in [2.24, 2.45) is 10.7 Å². The summed E-state index contributed by atoms with van der Waals surface area (Å²) in [5, 5.41) is 3.11. The fourth-order valence-corrected chi connectivity index (χ4v) is 2.72. The van der Waals surface area contributed by atoms with Crippen molar-refractivity contribution in [2.75, 3.05) is 25.0 Å². The van der Waals surface area contributed by atoms with E-state index >= 15 is 0 Å². The van der Waals surface area contributed by atoms with E-state index in [1.807, 2.05) is 17.0 Å². The van der Waals surface area contributed by atoms with Crippen LogP contribution in [0, 0.1) is 0 Å². The van der Waals surface area contributed by atoms with Crippen molar-refractivity contribution in [3.8, 4) is 0 Å². The summed E-state index contributed by atoms with van der Waals surface area (Å²) >= 11 is 0. The first-order chi connectivity index (χ1) is 11.1. The molecule has 1 amide bonds. The largest absolute Gasteiger partial charge is 0.370 e. The predicted molar refractivity (Wildman–Crippen MR) is 111 cm³/mol. The molecular formula is C18H29IN4O. The molecule has 1 heterocycles. The van der Waals surface area contributed by atoms with Gasteiger partial charge in [0.25, 0.3) is 0 Å². The number of hydrogen-bond donors (Lipinski definition) is 2. The normalized spacial score (nSPS) is 16.0. The molecule has 0 aromatic heterocycles. The van der Waals surface area contributed by atoms with E-state index in [-0.39, 0.29) is 29.9 Å². The second-order valence-electron chi connectivity index (χ2n) is 6.16. The van der Waals surface area contributed by atoms with Gasteiger partial charge in [0.05, 0.1) is 0 Å². The second kappa shape index (κ2) is 10.5. The van der Waals surface area contributed by atoms with Crippen molar-refractivity contribution in [2.45, 2.75) is 45.4 Å². The van der Waals surface area contributed by atoms with Crippen LogP contribution in [-0.2, 0) is 4.79 Å². The lowest BCUT2D eigenvalue weighted by Crippen LogP contribution is -2.27. The van der Waals surface area contributed by atoms with Crippen LogP contribution in [0.3, 0.4) is 0 Å². The van der Waals surface area contributed by atoms with Gasteiger partial charge in [0, 0.05) is 31.7 Å². The molecule has 1 saturated heterocycles. The van der Waals surface area contributed by atoms with Gasteiger partial charge in [0.15, 0.2) is 5.96 Å². The highest BCUT2D eigenvalue weighted by Crippen LogP contribution is 2.20. The Morgan fingerprint density at radius 3 is 2.67 bits per heavy atom. The molecule has 3 N–H and O–H groups in total. The number of nitrogens with zero attached hydrogens (tertiary/aromatic N) is 2. The third kappa shape index (κ3) is 6.30. The topological polar surface area (TPSA) is 70.7 Å². The van der Waals surface area contributed by atoms with E-state index in [0.717, 1.165) is 38.0 Å². The lowest BCUT2D eigenvalue weighted by Gasteiger charge is -2.14. The van der Waals surface area contributed by atoms with Crippen molar-refractivity contribution in [1.82, 2.24) is 4.90 Å². The second-order valence-corrected chi connectivity index (χ2v) is 6.16. The van der Waals surface area contributed by atoms with Gasteiger partial charge in [-0.25, -0.2) is 0 Å². The number of halogens is 1. The van der Waals surface area contributed by atoms with E-state index in [4.69, 9.17) is 5.73 Å². The number of guanidine groups is 1. The average Bonchev–Trinajstić information content (AvgIpc) is 2.96. The number of anilines is 1. The monoisotopic (exact) mass is 444 g/mol. The number of aliphatic imine (C=N–C) groups is 1. The van der Waals surface area contributed by atoms with Crippen molar-refractivity contribution in [3.63, 3.8) is 0 Å². The lowest BCUT2D eigenvalue weighted by molar-refractivity contribution is -0.127. The Kier molecular flexibility index (Phi) is 9.10. The highest BCUT2D eigenvalue weighted by Gasteiger charge is 2.18. The van der Waals surface area contributed by atoms with Crippen molar-refractivity contribution in [3.05, 3.63) is 29.8 Å². The van der Waals surface area contributed by atoms with Gasteiger partial charge < -0.3 is 16.0 Å². The zero-order valence-electron chi connectivity index (χ0n) is 14.6. The molecule has 5 nitrogen and oxygen atoms in total. The molecule has 1 unspecified atom stereocenters. The third-order valence-electron chi connectivity index (χ3n) is 4.40. The molecule has 1 aliphatic heterocycles. The summed E-state index contributed by atoms with van der Waals surface area (Å²) in [5.74, 6) is 1.26. The molecule has 0 aliphatic carbocycles. The van der Waals surface area contributed by atoms with Crippen LogP contribution in [0.15, 0.2) is 29.3 Å². The van der Waals surface area contributed by atoms with Gasteiger partial charge in [-0.05, 0) is 42.9 Å². The van der Waals surface area contributed by atoms with E-state index in [1.54, 1.807) is 0 Å². The minimum Gasteiger partial charge on any atom is -0.370 e. The summed E-state index contributed by atoms with van der Waals surface area (Å²) in [6, 6.07) is 8.32. The van der Waals surface area contributed by atoms with Crippen molar-refractivity contribution < 1.29 is 4.79 Å². The fourth-order valence-electron chi connectivity index (χ4n) is 2.72. The quantitative estimate of drug-likeness (QED) is 0.293. The molecule has 134 valence electrons. The first-order valence-electron chi connectivity index (χ1n) is 8.54. The summed E-state index contributed by atoms with van der Waals surface area (Å²) in [6.45, 7) is 6.71. The molecule has 24 heavy (non-hydrogen) atoms. The average molecular weight is 444 g/mol. The number of nitrogens with two attached hydrogens (primary N) is 1. The van der Waals surface area contributed by atoms with Crippen LogP contribution in [0.5, 0.6) is 0 Å². The minimum absolute atomic E-state index is 0. The van der Waals surface area contributed by atoms with Crippen LogP contribution in [-0.4, -0.2) is 36.4 Å². The number of likely N-dealkylation sites (tertiary alicyclic amines) is 1. The molecule has 0 saturated carbocycles. The van der Waals surface area contributed by atoms with E-state index in [2.05, 4.69) is 36.3 Å². The van der Waals surface area contributed by atoms with Gasteiger partial charge in [-0.1, -0.05) is 26.0 Å². The maximum Gasteiger partial charge on any atom is 0.222 e. The Morgan fingerprint density at radius 2 is 2.08 bits per heavy atom. The third-order valence-corrected chi connectivity index (χ3v) is 4.40. The standard InChI is InChI=1S/C18H28N4O.HI/c1-3-14(2)15-7-9-16(10-8-15)21-18(19)20-11-5-13-22-12-4-6-17(22)23;/h7-10,14H,3-6,11-13H2,1-2H3,(H3,19,20,21);1H. The molecular weight excluding hydrogens is 415 g/mol. The van der Waals surface area contributed by atoms with Gasteiger partial charge in [-0.2, -0.15) is 0 Å². The Bertz CT molecular complexity index is 544. The number of carbonyl (C=O) groups excluding carboxylic acids is 1. The van der Waals surface area contributed by atoms with Crippen molar-refractivity contribution in [1.29, 1.82) is 0 Å². The Hall–Kier alpha value is -1.31. The first kappa shape index (κ1) is 20.7. The Morgan fingerprint density at radius 1 is 1.38 bits per heavy atom. The van der Waals surface area contributed by atoms with Crippen LogP contribution < -0.4 is 11.1 Å². The van der Waals surface area contributed by atoms with Gasteiger partial charge >= 0.3 is 0 Å². The first-order valence-corrected chi connectivity index (χ1v) is 8.54. The SMILES string of the molecule is CCC(C)c1ccc(NC(N)=NCCCN2CCCC2=O)cc1.I. The Labute approximate surface area is 162 Å². The molecule has 0 radical (unpaired) electrons. The molecule has 1 atom stereocenters. The summed E-state index contributed by atoms with van der Waals surface area (Å²) < 4.78 is 0. The van der Waals surface area contributed by atoms with Crippen LogP contribution in [0.1, 0.15) is 51.0 Å². The highest BCUT2D eigenvalue weighted by molar-refractivity contribution is 14.0. The number of nitrogens with one attached hydrogen (secondary N) is 1. The highest BCUT2D eigenvalue weighted by atomic mass is 127. The zero-order valence-corrected chi connectivity index (χ0v) is 17.0. The molecule has 1 aromatic carbocycles. The van der Waals surface area contributed by atoms with Crippen LogP contribution in [0.25, 0.3) is 0 Å². The smallest absolute Gasteiger partial charge is 0.222 e. The Balaban J connectivity index is 0.00000288. The van der Waals surface area contributed by atoms with E-state index in [9.17, 15) is 4.79 Å². The summed E-state index contributed by atoms with van der Waals surface area (Å²) in [4.78, 5) is 17.7. The molecule has 6 heteroatoms. The maximum atomic E-state index is 11.5. The minimum atomic E-state index is 0. The van der Waals surface area contributed by atoms with Crippen LogP contribution in [0.2, 0.25) is 0 Å². The number of carbonyl (C=O) groups is 1. The summed E-state index contributed by atoms with van der Waals surface area (Å²) in [7, 11) is 0. The molecule has 1 fully saturated rings. The van der Waals surface area contributed by atoms with E-state index in [1.165, 1.54) is 5.56 Å². The van der Waals surface area contributed by atoms with Gasteiger partial charge in [-0.15, -0.1) is 24.0 Å². The molecule has 2 rings (SSSR count). The molecule has 0 bridgehead atoms. The number of amides is 1. The van der Waals surface area contributed by atoms with Crippen LogP contribution in [0.4, 0.5) is 5.69 Å². The zero-order chi connectivity index (χ0) is 16.7. The molecule has 1 aliphatic rings. The van der Waals surface area contributed by atoms with E-state index in [0.29, 0.717) is 24.8 Å². The van der Waals surface area contributed by atoms with E-state index < -0.39 is 0 Å². The lowest BCUT2D eigenvalue weighted by atomic mass is 9.99. The van der Waals surface area contributed by atoms with Gasteiger partial charge in [0.2, 0.25) is 5.91 Å². The summed E-state index contributed by atoms with van der Waals surface area (Å²) in [5.41, 5.74) is 8.20. The molecule has 1 aromatic rings. The fraction of sp³-hybridized carbons (Fsp3) is 0.556. The van der Waals surface area contributed by atoms with Gasteiger partial charge in [0.1, 0.15) is 0 Å². The maximum absolute atomic E-state index is 11.5. The number of hydrogen-bond acceptors (Lipinski definition) is 2. The number of benzene rings is 1.